The van der Waals surface area contributed by atoms with Crippen LogP contribution in [0.1, 0.15) is 19.3 Å². The van der Waals surface area contributed by atoms with Crippen LogP contribution in [0.25, 0.3) is 0 Å². The van der Waals surface area contributed by atoms with Gasteiger partial charge in [0.1, 0.15) is 0 Å². The Morgan fingerprint density at radius 2 is 2.25 bits per heavy atom. The van der Waals surface area contributed by atoms with Gasteiger partial charge in [-0.3, -0.25) is 4.79 Å². The standard InChI is InChI=1S/C13H22F3N3O/c1-19-6-2-3-10(8-19)7-18-11(20)12(13(14,15)16)4-5-17-9-12/h10,17H,2-9H2,1H3,(H,18,20). The van der Waals surface area contributed by atoms with Crippen molar-refractivity contribution in [2.24, 2.45) is 11.3 Å². The fourth-order valence-electron chi connectivity index (χ4n) is 3.10. The van der Waals surface area contributed by atoms with Crippen LogP contribution in [0.3, 0.4) is 0 Å². The third kappa shape index (κ3) is 3.09. The highest BCUT2D eigenvalue weighted by atomic mass is 19.4. The lowest BCUT2D eigenvalue weighted by molar-refractivity contribution is -0.216. The van der Waals surface area contributed by atoms with Crippen molar-refractivity contribution in [1.29, 1.82) is 0 Å². The Hall–Kier alpha value is -0.820. The van der Waals surface area contributed by atoms with Crippen LogP contribution < -0.4 is 10.6 Å². The first kappa shape index (κ1) is 15.6. The Kier molecular flexibility index (Phi) is 4.59. The molecule has 2 heterocycles. The smallest absolute Gasteiger partial charge is 0.355 e. The molecule has 0 radical (unpaired) electrons. The predicted molar refractivity (Wildman–Crippen MR) is 69.2 cm³/mol. The normalized spacial score (nSPS) is 32.3. The molecule has 0 aromatic heterocycles. The summed E-state index contributed by atoms with van der Waals surface area (Å²) in [6.07, 6.45) is -2.68. The minimum absolute atomic E-state index is 0.174. The first-order valence-corrected chi connectivity index (χ1v) is 7.09. The molecule has 1 amide bonds. The van der Waals surface area contributed by atoms with Crippen LogP contribution in [0.15, 0.2) is 0 Å². The van der Waals surface area contributed by atoms with E-state index in [9.17, 15) is 18.0 Å². The number of rotatable bonds is 3. The van der Waals surface area contributed by atoms with Gasteiger partial charge in [-0.05, 0) is 45.3 Å². The number of likely N-dealkylation sites (tertiary alicyclic amines) is 1. The number of nitrogens with one attached hydrogen (secondary N) is 2. The number of nitrogens with zero attached hydrogens (tertiary/aromatic N) is 1. The van der Waals surface area contributed by atoms with Crippen molar-refractivity contribution < 1.29 is 18.0 Å². The van der Waals surface area contributed by atoms with Crippen molar-refractivity contribution in [3.05, 3.63) is 0 Å². The zero-order valence-electron chi connectivity index (χ0n) is 11.7. The Bertz CT molecular complexity index is 353. The van der Waals surface area contributed by atoms with Crippen LogP contribution in [0.5, 0.6) is 0 Å². The summed E-state index contributed by atoms with van der Waals surface area (Å²) in [4.78, 5) is 14.2. The molecular weight excluding hydrogens is 271 g/mol. The van der Waals surface area contributed by atoms with Crippen molar-refractivity contribution in [1.82, 2.24) is 15.5 Å². The van der Waals surface area contributed by atoms with Crippen molar-refractivity contribution in [2.75, 3.05) is 39.8 Å². The lowest BCUT2D eigenvalue weighted by Gasteiger charge is -2.32. The molecular formula is C13H22F3N3O. The van der Waals surface area contributed by atoms with Gasteiger partial charge in [0.05, 0.1) is 0 Å². The number of carbonyl (C=O) groups is 1. The molecule has 2 fully saturated rings. The molecule has 0 aliphatic carbocycles. The van der Waals surface area contributed by atoms with Crippen molar-refractivity contribution in [3.63, 3.8) is 0 Å². The lowest BCUT2D eigenvalue weighted by Crippen LogP contribution is -2.53. The van der Waals surface area contributed by atoms with E-state index in [4.69, 9.17) is 0 Å². The summed E-state index contributed by atoms with van der Waals surface area (Å²) in [5, 5.41) is 5.19. The molecule has 116 valence electrons. The number of halogens is 3. The number of hydrogen-bond donors (Lipinski definition) is 2. The summed E-state index contributed by atoms with van der Waals surface area (Å²) >= 11 is 0. The largest absolute Gasteiger partial charge is 0.404 e. The van der Waals surface area contributed by atoms with Gasteiger partial charge < -0.3 is 15.5 Å². The summed E-state index contributed by atoms with van der Waals surface area (Å²) in [5.74, 6) is -0.624. The minimum Gasteiger partial charge on any atom is -0.355 e. The van der Waals surface area contributed by atoms with E-state index in [-0.39, 0.29) is 25.4 Å². The van der Waals surface area contributed by atoms with Crippen LogP contribution in [0, 0.1) is 11.3 Å². The van der Waals surface area contributed by atoms with Crippen LogP contribution >= 0.6 is 0 Å². The topological polar surface area (TPSA) is 44.4 Å². The molecule has 7 heteroatoms. The highest BCUT2D eigenvalue weighted by molar-refractivity contribution is 5.84. The zero-order chi connectivity index (χ0) is 14.8. The van der Waals surface area contributed by atoms with E-state index in [2.05, 4.69) is 15.5 Å². The lowest BCUT2D eigenvalue weighted by atomic mass is 9.85. The van der Waals surface area contributed by atoms with Crippen molar-refractivity contribution in [3.8, 4) is 0 Å². The minimum atomic E-state index is -4.50. The molecule has 0 bridgehead atoms. The third-order valence-corrected chi connectivity index (χ3v) is 4.41. The monoisotopic (exact) mass is 293 g/mol. The molecule has 4 nitrogen and oxygen atoms in total. The predicted octanol–water partition coefficient (Wildman–Crippen LogP) is 0.986. The summed E-state index contributed by atoms with van der Waals surface area (Å²) in [6, 6.07) is 0. The summed E-state index contributed by atoms with van der Waals surface area (Å²) in [5.41, 5.74) is -2.24. The van der Waals surface area contributed by atoms with Crippen LogP contribution in [-0.2, 0) is 4.79 Å². The maximum absolute atomic E-state index is 13.2. The van der Waals surface area contributed by atoms with Crippen molar-refractivity contribution >= 4 is 5.91 Å². The van der Waals surface area contributed by atoms with E-state index in [0.29, 0.717) is 6.54 Å². The highest BCUT2D eigenvalue weighted by Gasteiger charge is 2.61. The first-order chi connectivity index (χ1) is 9.35. The van der Waals surface area contributed by atoms with Crippen LogP contribution in [-0.4, -0.2) is 56.8 Å². The molecule has 2 rings (SSSR count). The van der Waals surface area contributed by atoms with Crippen molar-refractivity contribution in [2.45, 2.75) is 25.4 Å². The Morgan fingerprint density at radius 3 is 2.80 bits per heavy atom. The van der Waals surface area contributed by atoms with Crippen LogP contribution in [0.4, 0.5) is 13.2 Å². The molecule has 2 saturated heterocycles. The van der Waals surface area contributed by atoms with Gasteiger partial charge in [-0.1, -0.05) is 0 Å². The quantitative estimate of drug-likeness (QED) is 0.815. The maximum atomic E-state index is 13.2. The molecule has 2 aliphatic heterocycles. The van der Waals surface area contributed by atoms with E-state index in [0.717, 1.165) is 25.9 Å². The van der Waals surface area contributed by atoms with Gasteiger partial charge in [0, 0.05) is 19.6 Å². The molecule has 0 aromatic rings. The van der Waals surface area contributed by atoms with Gasteiger partial charge >= 0.3 is 6.18 Å². The van der Waals surface area contributed by atoms with Gasteiger partial charge in [0.15, 0.2) is 5.41 Å². The second-order valence-corrected chi connectivity index (χ2v) is 5.99. The molecule has 2 N–H and O–H groups in total. The molecule has 0 saturated carbocycles. The number of carbonyl (C=O) groups excluding carboxylic acids is 1. The highest BCUT2D eigenvalue weighted by Crippen LogP contribution is 2.43. The van der Waals surface area contributed by atoms with E-state index < -0.39 is 17.5 Å². The molecule has 0 aromatic carbocycles. The molecule has 2 aliphatic rings. The zero-order valence-corrected chi connectivity index (χ0v) is 11.7. The average molecular weight is 293 g/mol. The Labute approximate surface area is 117 Å². The van der Waals surface area contributed by atoms with Gasteiger partial charge in [-0.25, -0.2) is 0 Å². The van der Waals surface area contributed by atoms with Gasteiger partial charge in [0.25, 0.3) is 0 Å². The summed E-state index contributed by atoms with van der Waals surface area (Å²) in [7, 11) is 1.99. The Balaban J connectivity index is 1.93. The molecule has 20 heavy (non-hydrogen) atoms. The van der Waals surface area contributed by atoms with Gasteiger partial charge in [-0.2, -0.15) is 13.2 Å². The van der Waals surface area contributed by atoms with Gasteiger partial charge in [-0.15, -0.1) is 0 Å². The summed E-state index contributed by atoms with van der Waals surface area (Å²) in [6.45, 7) is 2.10. The number of hydrogen-bond acceptors (Lipinski definition) is 3. The number of alkyl halides is 3. The van der Waals surface area contributed by atoms with E-state index in [1.54, 1.807) is 0 Å². The fraction of sp³-hybridized carbons (Fsp3) is 0.923. The second kappa shape index (κ2) is 5.89. The van der Waals surface area contributed by atoms with Crippen LogP contribution in [0.2, 0.25) is 0 Å². The fourth-order valence-corrected chi connectivity index (χ4v) is 3.10. The SMILES string of the molecule is CN1CCCC(CNC(=O)C2(C(F)(F)F)CCNC2)C1. The number of amides is 1. The second-order valence-electron chi connectivity index (χ2n) is 5.99. The van der Waals surface area contributed by atoms with E-state index in [1.807, 2.05) is 7.05 Å². The van der Waals surface area contributed by atoms with Gasteiger partial charge in [0.2, 0.25) is 5.91 Å². The van der Waals surface area contributed by atoms with E-state index >= 15 is 0 Å². The van der Waals surface area contributed by atoms with E-state index in [1.165, 1.54) is 0 Å². The third-order valence-electron chi connectivity index (χ3n) is 4.41. The molecule has 2 atom stereocenters. The maximum Gasteiger partial charge on any atom is 0.404 e. The summed E-state index contributed by atoms with van der Waals surface area (Å²) < 4.78 is 39.6. The first-order valence-electron chi connectivity index (χ1n) is 7.09. The molecule has 2 unspecified atom stereocenters. The average Bonchev–Trinajstić information content (AvgIpc) is 2.86. The molecule has 0 spiro atoms. The Morgan fingerprint density at radius 1 is 1.50 bits per heavy atom. The number of piperidine rings is 1.